The van der Waals surface area contributed by atoms with E-state index in [9.17, 15) is 0 Å². The minimum atomic E-state index is -0.117. The highest BCUT2D eigenvalue weighted by atomic mass is 16.5. The van der Waals surface area contributed by atoms with Crippen LogP contribution in [0.3, 0.4) is 0 Å². The molecule has 2 heteroatoms. The topological polar surface area (TPSA) is 35.2 Å². The molecule has 0 aromatic rings. The van der Waals surface area contributed by atoms with Gasteiger partial charge in [-0.3, -0.25) is 0 Å². The van der Waals surface area contributed by atoms with Crippen molar-refractivity contribution < 1.29 is 4.74 Å². The molecule has 0 rings (SSSR count). The fourth-order valence-corrected chi connectivity index (χ4v) is 2.02. The van der Waals surface area contributed by atoms with Crippen LogP contribution in [-0.4, -0.2) is 18.8 Å². The standard InChI is InChI=1S/C11H25NO/c1-9(13-6)7-11(5,12)8-10(2,3)4/h9H,7-8,12H2,1-6H3. The van der Waals surface area contributed by atoms with Crippen molar-refractivity contribution in [2.75, 3.05) is 7.11 Å². The van der Waals surface area contributed by atoms with Crippen LogP contribution in [0, 0.1) is 5.41 Å². The summed E-state index contributed by atoms with van der Waals surface area (Å²) in [6.07, 6.45) is 2.19. The van der Waals surface area contributed by atoms with E-state index in [0.29, 0.717) is 0 Å². The van der Waals surface area contributed by atoms with Crippen molar-refractivity contribution in [2.24, 2.45) is 11.1 Å². The second-order valence-electron chi connectivity index (χ2n) is 5.64. The SMILES string of the molecule is COC(C)CC(C)(N)CC(C)(C)C. The average Bonchev–Trinajstić information content (AvgIpc) is 1.80. The fraction of sp³-hybridized carbons (Fsp3) is 1.00. The van der Waals surface area contributed by atoms with Crippen LogP contribution < -0.4 is 5.73 Å². The van der Waals surface area contributed by atoms with Crippen molar-refractivity contribution in [1.82, 2.24) is 0 Å². The maximum absolute atomic E-state index is 6.20. The van der Waals surface area contributed by atoms with E-state index >= 15 is 0 Å². The first-order chi connectivity index (χ1) is 5.66. The zero-order valence-corrected chi connectivity index (χ0v) is 9.98. The monoisotopic (exact) mass is 187 g/mol. The molecule has 0 saturated heterocycles. The van der Waals surface area contributed by atoms with Gasteiger partial charge in [0.25, 0.3) is 0 Å². The molecule has 2 N–H and O–H groups in total. The van der Waals surface area contributed by atoms with Crippen LogP contribution in [0.2, 0.25) is 0 Å². The molecule has 0 radical (unpaired) electrons. The molecule has 0 aliphatic carbocycles. The van der Waals surface area contributed by atoms with Crippen LogP contribution in [0.5, 0.6) is 0 Å². The van der Waals surface area contributed by atoms with E-state index in [1.54, 1.807) is 7.11 Å². The van der Waals surface area contributed by atoms with Crippen LogP contribution in [0.15, 0.2) is 0 Å². The van der Waals surface area contributed by atoms with Gasteiger partial charge in [0.05, 0.1) is 6.10 Å². The highest BCUT2D eigenvalue weighted by Gasteiger charge is 2.27. The van der Waals surface area contributed by atoms with Gasteiger partial charge in [0.15, 0.2) is 0 Å². The molecule has 0 aromatic carbocycles. The molecule has 13 heavy (non-hydrogen) atoms. The Hall–Kier alpha value is -0.0800. The van der Waals surface area contributed by atoms with E-state index in [1.165, 1.54) is 0 Å². The molecule has 0 bridgehead atoms. The van der Waals surface area contributed by atoms with E-state index in [1.807, 2.05) is 0 Å². The minimum Gasteiger partial charge on any atom is -0.382 e. The minimum absolute atomic E-state index is 0.117. The summed E-state index contributed by atoms with van der Waals surface area (Å²) < 4.78 is 5.22. The van der Waals surface area contributed by atoms with Crippen molar-refractivity contribution in [1.29, 1.82) is 0 Å². The van der Waals surface area contributed by atoms with Crippen LogP contribution in [0.25, 0.3) is 0 Å². The Kier molecular flexibility index (Phi) is 4.40. The molecule has 2 unspecified atom stereocenters. The van der Waals surface area contributed by atoms with E-state index in [2.05, 4.69) is 34.6 Å². The average molecular weight is 187 g/mol. The third-order valence-electron chi connectivity index (χ3n) is 2.09. The summed E-state index contributed by atoms with van der Waals surface area (Å²) in [7, 11) is 1.73. The first-order valence-electron chi connectivity index (χ1n) is 4.98. The molecule has 0 aliphatic rings. The molecule has 0 aromatic heterocycles. The molecule has 2 nitrogen and oxygen atoms in total. The first kappa shape index (κ1) is 12.9. The van der Waals surface area contributed by atoms with Crippen molar-refractivity contribution >= 4 is 0 Å². The zero-order chi connectivity index (χ0) is 10.7. The quantitative estimate of drug-likeness (QED) is 0.734. The third kappa shape index (κ3) is 7.03. The molecule has 2 atom stereocenters. The Labute approximate surface area is 82.8 Å². The van der Waals surface area contributed by atoms with Crippen LogP contribution in [0.4, 0.5) is 0 Å². The van der Waals surface area contributed by atoms with Gasteiger partial charge in [-0.15, -0.1) is 0 Å². The lowest BCUT2D eigenvalue weighted by atomic mass is 9.79. The second kappa shape index (κ2) is 4.43. The van der Waals surface area contributed by atoms with Crippen LogP contribution in [0.1, 0.15) is 47.5 Å². The summed E-state index contributed by atoms with van der Waals surface area (Å²) in [4.78, 5) is 0. The first-order valence-corrected chi connectivity index (χ1v) is 4.98. The van der Waals surface area contributed by atoms with Crippen molar-refractivity contribution in [3.63, 3.8) is 0 Å². The van der Waals surface area contributed by atoms with Gasteiger partial charge in [-0.25, -0.2) is 0 Å². The Morgan fingerprint density at radius 1 is 1.23 bits per heavy atom. The highest BCUT2D eigenvalue weighted by Crippen LogP contribution is 2.28. The van der Waals surface area contributed by atoms with Gasteiger partial charge in [-0.2, -0.15) is 0 Å². The van der Waals surface area contributed by atoms with Crippen molar-refractivity contribution in [3.05, 3.63) is 0 Å². The van der Waals surface area contributed by atoms with Crippen LogP contribution >= 0.6 is 0 Å². The van der Waals surface area contributed by atoms with Crippen LogP contribution in [-0.2, 0) is 4.74 Å². The Morgan fingerprint density at radius 2 is 1.69 bits per heavy atom. The number of ether oxygens (including phenoxy) is 1. The Morgan fingerprint density at radius 3 is 2.00 bits per heavy atom. The molecular weight excluding hydrogens is 162 g/mol. The van der Waals surface area contributed by atoms with Gasteiger partial charge in [-0.05, 0) is 32.1 Å². The summed E-state index contributed by atoms with van der Waals surface area (Å²) in [6.45, 7) is 10.8. The molecule has 0 amide bonds. The summed E-state index contributed by atoms with van der Waals surface area (Å²) in [6, 6.07) is 0. The third-order valence-corrected chi connectivity index (χ3v) is 2.09. The number of methoxy groups -OCH3 is 1. The molecular formula is C11H25NO. The predicted octanol–water partition coefficient (Wildman–Crippen LogP) is 2.57. The van der Waals surface area contributed by atoms with Crippen molar-refractivity contribution in [2.45, 2.75) is 59.1 Å². The smallest absolute Gasteiger partial charge is 0.0560 e. The largest absolute Gasteiger partial charge is 0.382 e. The van der Waals surface area contributed by atoms with Gasteiger partial charge in [0.2, 0.25) is 0 Å². The predicted molar refractivity (Wildman–Crippen MR) is 57.8 cm³/mol. The van der Waals surface area contributed by atoms with Crippen molar-refractivity contribution in [3.8, 4) is 0 Å². The summed E-state index contributed by atoms with van der Waals surface area (Å²) in [5, 5.41) is 0. The lowest BCUT2D eigenvalue weighted by Crippen LogP contribution is -2.42. The van der Waals surface area contributed by atoms with Gasteiger partial charge in [-0.1, -0.05) is 20.8 Å². The molecule has 0 saturated carbocycles. The maximum Gasteiger partial charge on any atom is 0.0560 e. The van der Waals surface area contributed by atoms with Gasteiger partial charge < -0.3 is 10.5 Å². The molecule has 0 fully saturated rings. The van der Waals surface area contributed by atoms with Gasteiger partial charge in [0.1, 0.15) is 0 Å². The lowest BCUT2D eigenvalue weighted by Gasteiger charge is -2.33. The summed E-state index contributed by atoms with van der Waals surface area (Å²) in [5.41, 5.74) is 6.37. The fourth-order valence-electron chi connectivity index (χ4n) is 2.02. The van der Waals surface area contributed by atoms with E-state index in [0.717, 1.165) is 12.8 Å². The Balaban J connectivity index is 4.08. The number of hydrogen-bond acceptors (Lipinski definition) is 2. The normalized spacial score (nSPS) is 19.6. The number of rotatable bonds is 4. The molecule has 0 aliphatic heterocycles. The number of hydrogen-bond donors (Lipinski definition) is 1. The zero-order valence-electron chi connectivity index (χ0n) is 9.98. The highest BCUT2D eigenvalue weighted by molar-refractivity contribution is 4.85. The van der Waals surface area contributed by atoms with E-state index in [-0.39, 0.29) is 17.1 Å². The second-order valence-corrected chi connectivity index (χ2v) is 5.64. The summed E-state index contributed by atoms with van der Waals surface area (Å²) >= 11 is 0. The number of nitrogens with two attached hydrogens (primary N) is 1. The van der Waals surface area contributed by atoms with E-state index < -0.39 is 0 Å². The molecule has 0 heterocycles. The Bertz CT molecular complexity index is 147. The van der Waals surface area contributed by atoms with Gasteiger partial charge >= 0.3 is 0 Å². The summed E-state index contributed by atoms with van der Waals surface area (Å²) in [5.74, 6) is 0. The molecule has 80 valence electrons. The van der Waals surface area contributed by atoms with E-state index in [4.69, 9.17) is 10.5 Å². The lowest BCUT2D eigenvalue weighted by molar-refractivity contribution is 0.0815. The maximum atomic E-state index is 6.20. The van der Waals surface area contributed by atoms with Gasteiger partial charge in [0, 0.05) is 12.6 Å². The molecule has 0 spiro atoms.